The van der Waals surface area contributed by atoms with E-state index in [0.717, 1.165) is 25.3 Å². The van der Waals surface area contributed by atoms with Crippen molar-refractivity contribution >= 4 is 0 Å². The molecule has 102 valence electrons. The van der Waals surface area contributed by atoms with Crippen LogP contribution < -0.4 is 5.32 Å². The van der Waals surface area contributed by atoms with E-state index in [9.17, 15) is 0 Å². The summed E-state index contributed by atoms with van der Waals surface area (Å²) in [4.78, 5) is 0. The van der Waals surface area contributed by atoms with Crippen molar-refractivity contribution in [2.24, 2.45) is 0 Å². The first-order chi connectivity index (χ1) is 8.79. The smallest absolute Gasteiger partial charge is 0.0884 e. The lowest BCUT2D eigenvalue weighted by Crippen LogP contribution is -2.34. The predicted molar refractivity (Wildman–Crippen MR) is 72.6 cm³/mol. The van der Waals surface area contributed by atoms with Crippen LogP contribution in [0.5, 0.6) is 0 Å². The Kier molecular flexibility index (Phi) is 5.20. The lowest BCUT2D eigenvalue weighted by molar-refractivity contribution is 0.103. The van der Waals surface area contributed by atoms with Crippen LogP contribution in [0, 0.1) is 6.92 Å². The molecule has 0 amide bonds. The van der Waals surface area contributed by atoms with E-state index in [1.54, 1.807) is 0 Å². The quantitative estimate of drug-likeness (QED) is 0.788. The monoisotopic (exact) mass is 251 g/mol. The maximum Gasteiger partial charge on any atom is 0.0884 e. The van der Waals surface area contributed by atoms with Gasteiger partial charge >= 0.3 is 0 Å². The number of nitrogens with one attached hydrogen (secondary N) is 1. The van der Waals surface area contributed by atoms with Gasteiger partial charge in [-0.05, 0) is 45.7 Å². The van der Waals surface area contributed by atoms with Crippen LogP contribution in [0.4, 0.5) is 0 Å². The van der Waals surface area contributed by atoms with Gasteiger partial charge in [0.25, 0.3) is 0 Å². The van der Waals surface area contributed by atoms with Crippen molar-refractivity contribution in [3.63, 3.8) is 0 Å². The molecule has 0 radical (unpaired) electrons. The van der Waals surface area contributed by atoms with Crippen LogP contribution in [0.25, 0.3) is 0 Å². The molecule has 2 rings (SSSR count). The first kappa shape index (κ1) is 13.6. The van der Waals surface area contributed by atoms with Crippen LogP contribution in [0.2, 0.25) is 0 Å². The summed E-state index contributed by atoms with van der Waals surface area (Å²) in [6.45, 7) is 7.75. The molecule has 1 aromatic heterocycles. The molecular weight excluding hydrogens is 226 g/mol. The topological polar surface area (TPSA) is 39.1 Å². The highest BCUT2D eigenvalue weighted by Gasteiger charge is 2.12. The van der Waals surface area contributed by atoms with Crippen molar-refractivity contribution in [3.8, 4) is 0 Å². The van der Waals surface area contributed by atoms with Gasteiger partial charge in [-0.2, -0.15) is 5.10 Å². The first-order valence-electron chi connectivity index (χ1n) is 7.14. The fourth-order valence-corrected chi connectivity index (χ4v) is 2.56. The van der Waals surface area contributed by atoms with Gasteiger partial charge in [-0.1, -0.05) is 6.42 Å². The van der Waals surface area contributed by atoms with Gasteiger partial charge in [-0.15, -0.1) is 0 Å². The molecule has 0 bridgehead atoms. The Balaban J connectivity index is 1.68. The summed E-state index contributed by atoms with van der Waals surface area (Å²) in [5.41, 5.74) is 2.26. The molecule has 1 fully saturated rings. The molecule has 4 nitrogen and oxygen atoms in total. The molecule has 1 aliphatic rings. The van der Waals surface area contributed by atoms with Gasteiger partial charge in [0.2, 0.25) is 0 Å². The number of ether oxygens (including phenoxy) is 1. The third kappa shape index (κ3) is 3.82. The van der Waals surface area contributed by atoms with E-state index in [2.05, 4.69) is 23.4 Å². The SMILES string of the molecule is CCn1nc(C)cc1COCCC1CCCCN1. The number of aryl methyl sites for hydroxylation is 2. The highest BCUT2D eigenvalue weighted by molar-refractivity contribution is 5.07. The summed E-state index contributed by atoms with van der Waals surface area (Å²) in [6.07, 6.45) is 5.11. The van der Waals surface area contributed by atoms with Crippen molar-refractivity contribution in [1.82, 2.24) is 15.1 Å². The van der Waals surface area contributed by atoms with Gasteiger partial charge in [0.05, 0.1) is 18.0 Å². The van der Waals surface area contributed by atoms with E-state index in [0.29, 0.717) is 12.6 Å². The average Bonchev–Trinajstić information content (AvgIpc) is 2.76. The second kappa shape index (κ2) is 6.90. The third-order valence-corrected chi connectivity index (χ3v) is 3.56. The van der Waals surface area contributed by atoms with E-state index in [1.165, 1.54) is 31.5 Å². The van der Waals surface area contributed by atoms with Crippen molar-refractivity contribution < 1.29 is 4.74 Å². The van der Waals surface area contributed by atoms with Gasteiger partial charge in [-0.3, -0.25) is 4.68 Å². The highest BCUT2D eigenvalue weighted by atomic mass is 16.5. The molecule has 1 N–H and O–H groups in total. The number of nitrogens with zero attached hydrogens (tertiary/aromatic N) is 2. The molecule has 1 aromatic rings. The molecule has 0 aliphatic carbocycles. The van der Waals surface area contributed by atoms with Crippen LogP contribution in [0.15, 0.2) is 6.07 Å². The summed E-state index contributed by atoms with van der Waals surface area (Å²) in [7, 11) is 0. The minimum Gasteiger partial charge on any atom is -0.375 e. The maximum atomic E-state index is 5.78. The Morgan fingerprint density at radius 3 is 3.11 bits per heavy atom. The van der Waals surface area contributed by atoms with E-state index >= 15 is 0 Å². The molecule has 1 unspecified atom stereocenters. The molecule has 0 spiro atoms. The number of piperidine rings is 1. The summed E-state index contributed by atoms with van der Waals surface area (Å²) in [6, 6.07) is 2.78. The first-order valence-corrected chi connectivity index (χ1v) is 7.14. The Hall–Kier alpha value is -0.870. The van der Waals surface area contributed by atoms with Crippen molar-refractivity contribution in [2.45, 2.75) is 58.7 Å². The molecular formula is C14H25N3O. The van der Waals surface area contributed by atoms with Crippen molar-refractivity contribution in [3.05, 3.63) is 17.5 Å². The van der Waals surface area contributed by atoms with Crippen LogP contribution in [0.1, 0.15) is 44.0 Å². The largest absolute Gasteiger partial charge is 0.375 e. The number of hydrogen-bond donors (Lipinski definition) is 1. The molecule has 2 heterocycles. The number of aromatic nitrogens is 2. The fourth-order valence-electron chi connectivity index (χ4n) is 2.56. The number of rotatable bonds is 6. The van der Waals surface area contributed by atoms with E-state index in [-0.39, 0.29) is 0 Å². The van der Waals surface area contributed by atoms with Crippen LogP contribution >= 0.6 is 0 Å². The average molecular weight is 251 g/mol. The lowest BCUT2D eigenvalue weighted by atomic mass is 10.0. The normalized spacial score (nSPS) is 20.2. The van der Waals surface area contributed by atoms with Gasteiger partial charge in [-0.25, -0.2) is 0 Å². The minimum absolute atomic E-state index is 0.663. The summed E-state index contributed by atoms with van der Waals surface area (Å²) in [5, 5.41) is 7.97. The van der Waals surface area contributed by atoms with E-state index < -0.39 is 0 Å². The lowest BCUT2D eigenvalue weighted by Gasteiger charge is -2.23. The Morgan fingerprint density at radius 2 is 2.39 bits per heavy atom. The Labute approximate surface area is 110 Å². The zero-order valence-electron chi connectivity index (χ0n) is 11.6. The third-order valence-electron chi connectivity index (χ3n) is 3.56. The van der Waals surface area contributed by atoms with Crippen LogP contribution in [-0.4, -0.2) is 29.0 Å². The molecule has 18 heavy (non-hydrogen) atoms. The van der Waals surface area contributed by atoms with Crippen LogP contribution in [0.3, 0.4) is 0 Å². The zero-order valence-corrected chi connectivity index (χ0v) is 11.6. The molecule has 0 aromatic carbocycles. The fraction of sp³-hybridized carbons (Fsp3) is 0.786. The molecule has 1 saturated heterocycles. The number of hydrogen-bond acceptors (Lipinski definition) is 3. The van der Waals surface area contributed by atoms with Gasteiger partial charge < -0.3 is 10.1 Å². The second-order valence-electron chi connectivity index (χ2n) is 5.08. The zero-order chi connectivity index (χ0) is 12.8. The second-order valence-corrected chi connectivity index (χ2v) is 5.08. The molecule has 0 saturated carbocycles. The van der Waals surface area contributed by atoms with Gasteiger partial charge in [0.1, 0.15) is 0 Å². The van der Waals surface area contributed by atoms with E-state index in [1.807, 2.05) is 11.6 Å². The maximum absolute atomic E-state index is 5.78. The summed E-state index contributed by atoms with van der Waals surface area (Å²) in [5.74, 6) is 0. The minimum atomic E-state index is 0.663. The van der Waals surface area contributed by atoms with Crippen molar-refractivity contribution in [1.29, 1.82) is 0 Å². The molecule has 1 atom stereocenters. The standard InChI is InChI=1S/C14H25N3O/c1-3-17-14(10-12(2)16-17)11-18-9-7-13-6-4-5-8-15-13/h10,13,15H,3-9,11H2,1-2H3. The van der Waals surface area contributed by atoms with E-state index in [4.69, 9.17) is 4.74 Å². The molecule has 4 heteroatoms. The summed E-state index contributed by atoms with van der Waals surface area (Å²) >= 11 is 0. The Bertz CT molecular complexity index is 356. The van der Waals surface area contributed by atoms with Crippen molar-refractivity contribution in [2.75, 3.05) is 13.2 Å². The highest BCUT2D eigenvalue weighted by Crippen LogP contribution is 2.11. The predicted octanol–water partition coefficient (Wildman–Crippen LogP) is 2.26. The van der Waals surface area contributed by atoms with Gasteiger partial charge in [0, 0.05) is 19.2 Å². The Morgan fingerprint density at radius 1 is 1.50 bits per heavy atom. The van der Waals surface area contributed by atoms with Crippen LogP contribution in [-0.2, 0) is 17.9 Å². The molecule has 1 aliphatic heterocycles. The summed E-state index contributed by atoms with van der Waals surface area (Å²) < 4.78 is 7.80. The van der Waals surface area contributed by atoms with Gasteiger partial charge in [0.15, 0.2) is 0 Å².